The quantitative estimate of drug-likeness (QED) is 0.591. The Labute approximate surface area is 77.0 Å². The van der Waals surface area contributed by atoms with E-state index in [9.17, 15) is 4.79 Å². The summed E-state index contributed by atoms with van der Waals surface area (Å²) < 4.78 is 5.01. The van der Waals surface area contributed by atoms with E-state index < -0.39 is 0 Å². The van der Waals surface area contributed by atoms with E-state index in [-0.39, 0.29) is 17.5 Å². The van der Waals surface area contributed by atoms with E-state index >= 15 is 0 Å². The number of amides is 1. The van der Waals surface area contributed by atoms with Crippen LogP contribution in [0.2, 0.25) is 0 Å². The summed E-state index contributed by atoms with van der Waals surface area (Å²) in [7, 11) is 0. The number of hydrogen-bond acceptors (Lipinski definition) is 3. The molecule has 1 aliphatic carbocycles. The summed E-state index contributed by atoms with van der Waals surface area (Å²) in [6.07, 6.45) is 2.07. The molecule has 3 heterocycles. The lowest BCUT2D eigenvalue weighted by molar-refractivity contribution is -0.133. The molecule has 0 radical (unpaired) electrons. The molecule has 0 atom stereocenters. The number of carbonyl (C=O) groups excluding carboxylic acids is 1. The predicted molar refractivity (Wildman–Crippen MR) is 46.2 cm³/mol. The highest BCUT2D eigenvalue weighted by molar-refractivity contribution is 5.88. The van der Waals surface area contributed by atoms with Crippen LogP contribution in [0.4, 0.5) is 0 Å². The van der Waals surface area contributed by atoms with Gasteiger partial charge in [0.15, 0.2) is 0 Å². The maximum atomic E-state index is 11.8. The summed E-state index contributed by atoms with van der Waals surface area (Å²) in [4.78, 5) is 11.8. The number of rotatable bonds is 2. The summed E-state index contributed by atoms with van der Waals surface area (Å²) in [5, 5.41) is 6.32. The van der Waals surface area contributed by atoms with Gasteiger partial charge in [0.25, 0.3) is 0 Å². The van der Waals surface area contributed by atoms with Crippen LogP contribution in [0.3, 0.4) is 0 Å². The Kier molecular flexibility index (Phi) is 1.46. The molecule has 3 aliphatic heterocycles. The van der Waals surface area contributed by atoms with Crippen LogP contribution in [-0.2, 0) is 9.53 Å². The van der Waals surface area contributed by atoms with Crippen molar-refractivity contribution in [3.63, 3.8) is 0 Å². The van der Waals surface area contributed by atoms with E-state index in [4.69, 9.17) is 4.74 Å². The van der Waals surface area contributed by atoms with Crippen molar-refractivity contribution in [2.24, 2.45) is 5.92 Å². The lowest BCUT2D eigenvalue weighted by atomic mass is 9.73. The first-order valence-electron chi connectivity index (χ1n) is 4.92. The molecule has 4 aliphatic rings. The Bertz CT molecular complexity index is 238. The van der Waals surface area contributed by atoms with Gasteiger partial charge in [-0.3, -0.25) is 4.79 Å². The summed E-state index contributed by atoms with van der Waals surface area (Å²) in [5.74, 6) is 0.943. The second-order valence-corrected chi connectivity index (χ2v) is 4.45. The highest BCUT2D eigenvalue weighted by atomic mass is 16.5. The Balaban J connectivity index is 1.61. The standard InChI is InChI=1S/C9H14N2O2/c12-8(11-7-4-13-5-7)9-1-6(2-9)3-10-9/h6-7,10H,1-5H2,(H,11,12). The van der Waals surface area contributed by atoms with Crippen LogP contribution in [0, 0.1) is 5.92 Å². The molecule has 2 bridgehead atoms. The van der Waals surface area contributed by atoms with Crippen LogP contribution in [0.1, 0.15) is 12.8 Å². The van der Waals surface area contributed by atoms with Gasteiger partial charge in [0, 0.05) is 0 Å². The Morgan fingerprint density at radius 3 is 2.69 bits per heavy atom. The van der Waals surface area contributed by atoms with Crippen molar-refractivity contribution in [1.82, 2.24) is 10.6 Å². The Morgan fingerprint density at radius 1 is 1.46 bits per heavy atom. The Morgan fingerprint density at radius 2 is 2.23 bits per heavy atom. The van der Waals surface area contributed by atoms with Crippen molar-refractivity contribution in [2.75, 3.05) is 19.8 Å². The summed E-state index contributed by atoms with van der Waals surface area (Å²) in [6.45, 7) is 2.39. The molecular weight excluding hydrogens is 168 g/mol. The van der Waals surface area contributed by atoms with Gasteiger partial charge in [0.05, 0.1) is 24.8 Å². The van der Waals surface area contributed by atoms with Crippen molar-refractivity contribution in [3.8, 4) is 0 Å². The first-order valence-corrected chi connectivity index (χ1v) is 4.92. The number of hydrogen-bond donors (Lipinski definition) is 2. The molecule has 1 saturated carbocycles. The second-order valence-electron chi connectivity index (χ2n) is 4.45. The summed E-state index contributed by atoms with van der Waals surface area (Å²) in [5.41, 5.74) is -0.194. The summed E-state index contributed by atoms with van der Waals surface area (Å²) in [6, 6.07) is 0.267. The first kappa shape index (κ1) is 7.76. The van der Waals surface area contributed by atoms with Gasteiger partial charge in [0.1, 0.15) is 0 Å². The molecule has 0 unspecified atom stereocenters. The van der Waals surface area contributed by atoms with Crippen molar-refractivity contribution >= 4 is 5.91 Å². The molecule has 2 N–H and O–H groups in total. The van der Waals surface area contributed by atoms with E-state index in [1.54, 1.807) is 0 Å². The SMILES string of the molecule is O=C(NC1COC1)C12CC(CN1)C2. The average molecular weight is 182 g/mol. The molecule has 0 spiro atoms. The molecule has 4 heteroatoms. The van der Waals surface area contributed by atoms with E-state index in [2.05, 4.69) is 10.6 Å². The smallest absolute Gasteiger partial charge is 0.240 e. The van der Waals surface area contributed by atoms with Crippen molar-refractivity contribution < 1.29 is 9.53 Å². The zero-order valence-corrected chi connectivity index (χ0v) is 7.51. The van der Waals surface area contributed by atoms with Gasteiger partial charge in [-0.05, 0) is 25.3 Å². The lowest BCUT2D eigenvalue weighted by Gasteiger charge is -2.38. The second kappa shape index (κ2) is 2.45. The van der Waals surface area contributed by atoms with Crippen molar-refractivity contribution in [3.05, 3.63) is 0 Å². The van der Waals surface area contributed by atoms with Crippen LogP contribution in [0.5, 0.6) is 0 Å². The zero-order chi connectivity index (χ0) is 8.89. The van der Waals surface area contributed by atoms with Crippen LogP contribution in [-0.4, -0.2) is 37.2 Å². The van der Waals surface area contributed by atoms with Crippen molar-refractivity contribution in [2.45, 2.75) is 24.4 Å². The Hall–Kier alpha value is -0.610. The molecule has 4 nitrogen and oxygen atoms in total. The molecular formula is C9H14N2O2. The molecule has 13 heavy (non-hydrogen) atoms. The highest BCUT2D eigenvalue weighted by Gasteiger charge is 2.55. The van der Waals surface area contributed by atoms with E-state index in [0.29, 0.717) is 13.2 Å². The minimum Gasteiger partial charge on any atom is -0.377 e. The minimum absolute atomic E-state index is 0.189. The van der Waals surface area contributed by atoms with E-state index in [1.165, 1.54) is 0 Å². The third kappa shape index (κ3) is 1.02. The van der Waals surface area contributed by atoms with E-state index in [1.807, 2.05) is 0 Å². The highest BCUT2D eigenvalue weighted by Crippen LogP contribution is 2.43. The topological polar surface area (TPSA) is 50.4 Å². The third-order valence-corrected chi connectivity index (χ3v) is 3.41. The molecule has 72 valence electrons. The summed E-state index contributed by atoms with van der Waals surface area (Å²) >= 11 is 0. The fourth-order valence-electron chi connectivity index (χ4n) is 2.46. The molecule has 4 rings (SSSR count). The molecule has 0 aromatic rings. The van der Waals surface area contributed by atoms with Crippen LogP contribution >= 0.6 is 0 Å². The molecule has 0 aromatic carbocycles. The maximum Gasteiger partial charge on any atom is 0.240 e. The number of ether oxygens (including phenoxy) is 1. The van der Waals surface area contributed by atoms with Crippen LogP contribution < -0.4 is 10.6 Å². The molecule has 4 fully saturated rings. The van der Waals surface area contributed by atoms with Gasteiger partial charge in [-0.1, -0.05) is 0 Å². The fraction of sp³-hybridized carbons (Fsp3) is 0.889. The predicted octanol–water partition coefficient (Wildman–Crippen LogP) is -0.747. The molecule has 0 aromatic heterocycles. The first-order chi connectivity index (χ1) is 6.28. The van der Waals surface area contributed by atoms with Gasteiger partial charge in [-0.25, -0.2) is 0 Å². The monoisotopic (exact) mass is 182 g/mol. The third-order valence-electron chi connectivity index (χ3n) is 3.41. The largest absolute Gasteiger partial charge is 0.377 e. The average Bonchev–Trinajstić information content (AvgIpc) is 2.52. The lowest BCUT2D eigenvalue weighted by Crippen LogP contribution is -2.61. The van der Waals surface area contributed by atoms with Crippen LogP contribution in [0.15, 0.2) is 0 Å². The number of nitrogens with one attached hydrogen (secondary N) is 2. The number of fused-ring (bicyclic) bond motifs is 1. The van der Waals surface area contributed by atoms with E-state index in [0.717, 1.165) is 25.3 Å². The van der Waals surface area contributed by atoms with Gasteiger partial charge in [0.2, 0.25) is 5.91 Å². The molecule has 1 amide bonds. The van der Waals surface area contributed by atoms with Gasteiger partial charge in [-0.15, -0.1) is 0 Å². The maximum absolute atomic E-state index is 11.8. The van der Waals surface area contributed by atoms with Gasteiger partial charge in [-0.2, -0.15) is 0 Å². The van der Waals surface area contributed by atoms with Crippen molar-refractivity contribution in [1.29, 1.82) is 0 Å². The van der Waals surface area contributed by atoms with Gasteiger partial charge >= 0.3 is 0 Å². The number of carbonyl (C=O) groups is 1. The zero-order valence-electron chi connectivity index (χ0n) is 7.51. The van der Waals surface area contributed by atoms with Gasteiger partial charge < -0.3 is 15.4 Å². The fourth-order valence-corrected chi connectivity index (χ4v) is 2.46. The normalized spacial score (nSPS) is 42.3. The minimum atomic E-state index is -0.194. The molecule has 3 saturated heterocycles. The van der Waals surface area contributed by atoms with Crippen LogP contribution in [0.25, 0.3) is 0 Å².